The highest BCUT2D eigenvalue weighted by atomic mass is 16.6. The van der Waals surface area contributed by atoms with E-state index in [1.54, 1.807) is 46.1 Å². The number of aryl methyl sites for hydroxylation is 1. The maximum atomic E-state index is 12.6. The number of carbonyl (C=O) groups is 2. The zero-order valence-corrected chi connectivity index (χ0v) is 16.0. The molecule has 0 fully saturated rings. The fraction of sp³-hybridized carbons (Fsp3) is 0.300. The van der Waals surface area contributed by atoms with Crippen molar-refractivity contribution in [3.63, 3.8) is 0 Å². The number of pyridine rings is 1. The van der Waals surface area contributed by atoms with Gasteiger partial charge in [-0.1, -0.05) is 12.1 Å². The third-order valence-corrected chi connectivity index (χ3v) is 3.92. The summed E-state index contributed by atoms with van der Waals surface area (Å²) < 4.78 is 6.69. The van der Waals surface area contributed by atoms with E-state index in [1.165, 1.54) is 4.68 Å². The second-order valence-corrected chi connectivity index (χ2v) is 7.24. The fourth-order valence-corrected chi connectivity index (χ4v) is 2.70. The van der Waals surface area contributed by atoms with Crippen LogP contribution >= 0.6 is 0 Å². The molecule has 0 saturated carbocycles. The topological polar surface area (TPSA) is 86.1 Å². The number of ether oxygens (including phenoxy) is 1. The Kier molecular flexibility index (Phi) is 4.70. The number of amides is 1. The number of nitrogens with zero attached hydrogens (tertiary/aromatic N) is 3. The summed E-state index contributed by atoms with van der Waals surface area (Å²) in [5.74, 6) is -0.161. The van der Waals surface area contributed by atoms with Gasteiger partial charge in [-0.3, -0.25) is 9.78 Å². The summed E-state index contributed by atoms with van der Waals surface area (Å²) in [5, 5.41) is 7.86. The van der Waals surface area contributed by atoms with Gasteiger partial charge in [0.05, 0.1) is 11.7 Å². The van der Waals surface area contributed by atoms with Crippen LogP contribution < -0.4 is 5.32 Å². The summed E-state index contributed by atoms with van der Waals surface area (Å²) in [6, 6.07) is 8.94. The molecule has 1 aromatic carbocycles. The van der Waals surface area contributed by atoms with E-state index in [9.17, 15) is 9.59 Å². The van der Waals surface area contributed by atoms with Crippen molar-refractivity contribution in [1.82, 2.24) is 20.1 Å². The third kappa shape index (κ3) is 3.81. The maximum Gasteiger partial charge on any atom is 0.435 e. The van der Waals surface area contributed by atoms with Gasteiger partial charge in [0.1, 0.15) is 11.3 Å². The molecule has 0 aliphatic heterocycles. The largest absolute Gasteiger partial charge is 0.442 e. The molecule has 3 aromatic rings. The summed E-state index contributed by atoms with van der Waals surface area (Å²) >= 11 is 0. The number of benzene rings is 1. The van der Waals surface area contributed by atoms with Gasteiger partial charge >= 0.3 is 6.09 Å². The molecule has 1 N–H and O–H groups in total. The summed E-state index contributed by atoms with van der Waals surface area (Å²) in [7, 11) is 1.59. The van der Waals surface area contributed by atoms with Crippen molar-refractivity contribution < 1.29 is 14.3 Å². The van der Waals surface area contributed by atoms with Gasteiger partial charge in [0, 0.05) is 29.3 Å². The number of rotatable bonds is 2. The molecule has 7 nitrogen and oxygen atoms in total. The van der Waals surface area contributed by atoms with E-state index in [2.05, 4.69) is 15.4 Å². The molecule has 0 aliphatic rings. The minimum absolute atomic E-state index is 0.161. The van der Waals surface area contributed by atoms with Crippen LogP contribution in [0.3, 0.4) is 0 Å². The molecular formula is C20H22N4O3. The molecule has 0 atom stereocenters. The lowest BCUT2D eigenvalue weighted by Gasteiger charge is -2.19. The van der Waals surface area contributed by atoms with Crippen LogP contribution in [0.5, 0.6) is 0 Å². The Bertz CT molecular complexity index is 1010. The van der Waals surface area contributed by atoms with E-state index < -0.39 is 11.7 Å². The van der Waals surface area contributed by atoms with Crippen molar-refractivity contribution >= 4 is 22.9 Å². The van der Waals surface area contributed by atoms with Gasteiger partial charge in [-0.05, 0) is 45.9 Å². The van der Waals surface area contributed by atoms with Crippen LogP contribution in [0.4, 0.5) is 4.79 Å². The smallest absolute Gasteiger partial charge is 0.435 e. The van der Waals surface area contributed by atoms with Gasteiger partial charge in [-0.25, -0.2) is 4.79 Å². The first-order chi connectivity index (χ1) is 12.7. The Labute approximate surface area is 157 Å². The average molecular weight is 366 g/mol. The van der Waals surface area contributed by atoms with Gasteiger partial charge in [-0.2, -0.15) is 9.78 Å². The van der Waals surface area contributed by atoms with Gasteiger partial charge < -0.3 is 10.1 Å². The van der Waals surface area contributed by atoms with E-state index in [4.69, 9.17) is 4.74 Å². The minimum Gasteiger partial charge on any atom is -0.442 e. The van der Waals surface area contributed by atoms with E-state index in [1.807, 2.05) is 25.1 Å². The Hall–Kier alpha value is -3.22. The molecule has 0 unspecified atom stereocenters. The molecule has 0 radical (unpaired) electrons. The van der Waals surface area contributed by atoms with Crippen molar-refractivity contribution in [2.24, 2.45) is 0 Å². The summed E-state index contributed by atoms with van der Waals surface area (Å²) in [4.78, 5) is 28.6. The molecule has 140 valence electrons. The lowest BCUT2D eigenvalue weighted by molar-refractivity contribution is 0.0523. The Balaban J connectivity index is 2.11. The quantitative estimate of drug-likeness (QED) is 0.749. The molecular weight excluding hydrogens is 344 g/mol. The second kappa shape index (κ2) is 6.83. The number of carbonyl (C=O) groups excluding carboxylic acids is 2. The van der Waals surface area contributed by atoms with Gasteiger partial charge in [0.25, 0.3) is 5.91 Å². The Morgan fingerprint density at radius 3 is 2.41 bits per heavy atom. The minimum atomic E-state index is -0.636. The van der Waals surface area contributed by atoms with E-state index in [0.717, 1.165) is 16.6 Å². The van der Waals surface area contributed by atoms with Crippen molar-refractivity contribution in [3.8, 4) is 11.3 Å². The Morgan fingerprint density at radius 1 is 1.15 bits per heavy atom. The van der Waals surface area contributed by atoms with Crippen molar-refractivity contribution in [2.45, 2.75) is 33.3 Å². The van der Waals surface area contributed by atoms with Crippen LogP contribution in [0.25, 0.3) is 22.2 Å². The molecule has 1 amide bonds. The number of hydrogen-bond acceptors (Lipinski definition) is 5. The maximum absolute atomic E-state index is 12.6. The number of hydrogen-bond donors (Lipinski definition) is 1. The zero-order valence-electron chi connectivity index (χ0n) is 16.0. The molecule has 7 heteroatoms. The molecule has 3 rings (SSSR count). The number of nitrogens with one attached hydrogen (secondary N) is 1. The normalized spacial score (nSPS) is 11.4. The first-order valence-corrected chi connectivity index (χ1v) is 8.61. The van der Waals surface area contributed by atoms with E-state index >= 15 is 0 Å². The van der Waals surface area contributed by atoms with Crippen LogP contribution in [0.2, 0.25) is 0 Å². The Morgan fingerprint density at radius 2 is 1.81 bits per heavy atom. The predicted octanol–water partition coefficient (Wildman–Crippen LogP) is 3.55. The first-order valence-electron chi connectivity index (χ1n) is 8.61. The highest BCUT2D eigenvalue weighted by Gasteiger charge is 2.23. The fourth-order valence-electron chi connectivity index (χ4n) is 2.70. The highest BCUT2D eigenvalue weighted by molar-refractivity contribution is 5.98. The van der Waals surface area contributed by atoms with E-state index in [-0.39, 0.29) is 5.91 Å². The van der Waals surface area contributed by atoms with Crippen LogP contribution in [0.1, 0.15) is 36.8 Å². The van der Waals surface area contributed by atoms with Crippen molar-refractivity contribution in [3.05, 3.63) is 47.8 Å². The van der Waals surface area contributed by atoms with Crippen LogP contribution in [0.15, 0.2) is 36.5 Å². The molecule has 0 bridgehead atoms. The lowest BCUT2D eigenvalue weighted by Crippen LogP contribution is -2.27. The monoisotopic (exact) mass is 366 g/mol. The summed E-state index contributed by atoms with van der Waals surface area (Å²) in [5.41, 5.74) is 2.72. The first kappa shape index (κ1) is 18.6. The predicted molar refractivity (Wildman–Crippen MR) is 103 cm³/mol. The molecule has 27 heavy (non-hydrogen) atoms. The standard InChI is InChI=1S/C20H22N4O3/c1-12-10-15-16(11-22-12)24(19(26)27-20(2,3)4)23-17(15)13-6-8-14(9-7-13)18(25)21-5/h6-11H,1-5H3,(H,21,25). The zero-order chi connectivity index (χ0) is 19.8. The average Bonchev–Trinajstić information content (AvgIpc) is 2.98. The molecule has 0 spiro atoms. The summed E-state index contributed by atoms with van der Waals surface area (Å²) in [6.07, 6.45) is 1.05. The molecule has 0 aliphatic carbocycles. The van der Waals surface area contributed by atoms with Gasteiger partial charge in [0.2, 0.25) is 0 Å². The van der Waals surface area contributed by atoms with Crippen molar-refractivity contribution in [2.75, 3.05) is 7.05 Å². The lowest BCUT2D eigenvalue weighted by atomic mass is 10.1. The molecule has 0 saturated heterocycles. The third-order valence-electron chi connectivity index (χ3n) is 3.92. The summed E-state index contributed by atoms with van der Waals surface area (Å²) in [6.45, 7) is 7.29. The number of fused-ring (bicyclic) bond motifs is 1. The van der Waals surface area contributed by atoms with Crippen LogP contribution in [-0.4, -0.2) is 39.4 Å². The SMILES string of the molecule is CNC(=O)c1ccc(-c2nn(C(=O)OC(C)(C)C)c3cnc(C)cc23)cc1. The molecule has 2 aromatic heterocycles. The van der Waals surface area contributed by atoms with Crippen molar-refractivity contribution in [1.29, 1.82) is 0 Å². The van der Waals surface area contributed by atoms with Gasteiger partial charge in [-0.15, -0.1) is 0 Å². The second-order valence-electron chi connectivity index (χ2n) is 7.24. The molecule has 2 heterocycles. The van der Waals surface area contributed by atoms with Crippen LogP contribution in [0, 0.1) is 6.92 Å². The van der Waals surface area contributed by atoms with E-state index in [0.29, 0.717) is 16.8 Å². The van der Waals surface area contributed by atoms with Gasteiger partial charge in [0.15, 0.2) is 0 Å². The van der Waals surface area contributed by atoms with Crippen LogP contribution in [-0.2, 0) is 4.74 Å². The highest BCUT2D eigenvalue weighted by Crippen LogP contribution is 2.29. The number of aromatic nitrogens is 3.